The van der Waals surface area contributed by atoms with Crippen LogP contribution in [0.1, 0.15) is 107 Å². The number of hydroxylamine groups is 2. The maximum Gasteiger partial charge on any atom is 0.303 e. The van der Waals surface area contributed by atoms with E-state index in [0.29, 0.717) is 38.0 Å². The highest BCUT2D eigenvalue weighted by atomic mass is 16.7. The van der Waals surface area contributed by atoms with Crippen molar-refractivity contribution in [3.8, 4) is 0 Å². The Morgan fingerprint density at radius 1 is 1.04 bits per heavy atom. The van der Waals surface area contributed by atoms with E-state index in [1.54, 1.807) is 13.8 Å². The van der Waals surface area contributed by atoms with Gasteiger partial charge in [0.1, 0.15) is 0 Å². The summed E-state index contributed by atoms with van der Waals surface area (Å²) in [4.78, 5) is 12.1. The van der Waals surface area contributed by atoms with E-state index in [4.69, 9.17) is 18.9 Å². The second-order valence-electron chi connectivity index (χ2n) is 18.1. The van der Waals surface area contributed by atoms with Crippen LogP contribution in [-0.4, -0.2) is 88.6 Å². The molecule has 0 bridgehead atoms. The summed E-state index contributed by atoms with van der Waals surface area (Å²) in [5.41, 5.74) is -1.10. The number of aliphatic hydroxyl groups excluding tert-OH is 1. The Bertz CT molecular complexity index is 1190. The Kier molecular flexibility index (Phi) is 7.53. The van der Waals surface area contributed by atoms with Crippen LogP contribution in [0.5, 0.6) is 0 Å². The van der Waals surface area contributed by atoms with Gasteiger partial charge in [-0.25, -0.2) is 0 Å². The Morgan fingerprint density at radius 3 is 2.40 bits per heavy atom. The number of hydrogen-bond donors (Lipinski definition) is 3. The second kappa shape index (κ2) is 10.3. The molecule has 5 aliphatic carbocycles. The minimum Gasteiger partial charge on any atom is -0.457 e. The fourth-order valence-corrected chi connectivity index (χ4v) is 13.5. The van der Waals surface area contributed by atoms with Gasteiger partial charge in [0.15, 0.2) is 12.4 Å². The van der Waals surface area contributed by atoms with Crippen LogP contribution < -0.4 is 0 Å². The van der Waals surface area contributed by atoms with Gasteiger partial charge in [0.05, 0.1) is 43.2 Å². The van der Waals surface area contributed by atoms with Crippen molar-refractivity contribution in [2.45, 2.75) is 149 Å². The van der Waals surface area contributed by atoms with Gasteiger partial charge in [-0.3, -0.25) is 4.79 Å². The molecule has 0 radical (unpaired) electrons. The number of carbonyl (C=O) groups excluding carboxylic acids is 1. The molecule has 14 atom stereocenters. The average Bonchev–Trinajstić information content (AvgIpc) is 3.57. The molecular weight excluding hydrogens is 574 g/mol. The van der Waals surface area contributed by atoms with Crippen molar-refractivity contribution in [1.82, 2.24) is 5.06 Å². The lowest BCUT2D eigenvalue weighted by molar-refractivity contribution is -0.279. The zero-order valence-corrected chi connectivity index (χ0v) is 28.9. The highest BCUT2D eigenvalue weighted by Gasteiger charge is 2.84. The zero-order valence-electron chi connectivity index (χ0n) is 28.9. The van der Waals surface area contributed by atoms with Crippen LogP contribution in [0.2, 0.25) is 0 Å². The van der Waals surface area contributed by atoms with Crippen molar-refractivity contribution < 1.29 is 39.2 Å². The lowest BCUT2D eigenvalue weighted by atomic mass is 9.41. The van der Waals surface area contributed by atoms with E-state index in [1.165, 1.54) is 24.8 Å². The molecule has 9 nitrogen and oxygen atoms in total. The monoisotopic (exact) mass is 633 g/mol. The van der Waals surface area contributed by atoms with Gasteiger partial charge >= 0.3 is 5.97 Å². The van der Waals surface area contributed by atoms with Gasteiger partial charge in [-0.1, -0.05) is 34.6 Å². The minimum atomic E-state index is -1.26. The van der Waals surface area contributed by atoms with Crippen LogP contribution in [-0.2, 0) is 23.7 Å². The first kappa shape index (κ1) is 32.7. The molecule has 2 heterocycles. The summed E-state index contributed by atoms with van der Waals surface area (Å²) < 4.78 is 25.0. The summed E-state index contributed by atoms with van der Waals surface area (Å²) >= 11 is 0. The average molecular weight is 634 g/mol. The van der Waals surface area contributed by atoms with E-state index < -0.39 is 29.9 Å². The number of nitrogens with zero attached hydrogens (tertiary/aromatic N) is 1. The molecule has 0 aromatic heterocycles. The molecule has 7 aliphatic rings. The lowest BCUT2D eigenvalue weighted by Gasteiger charge is -2.64. The Morgan fingerprint density at radius 2 is 1.73 bits per heavy atom. The Balaban J connectivity index is 1.15. The molecule has 7 fully saturated rings. The van der Waals surface area contributed by atoms with Gasteiger partial charge in [0.2, 0.25) is 0 Å². The molecular formula is C36H59NO8. The van der Waals surface area contributed by atoms with Crippen LogP contribution >= 0.6 is 0 Å². The first-order valence-corrected chi connectivity index (χ1v) is 17.9. The van der Waals surface area contributed by atoms with Gasteiger partial charge in [-0.2, -0.15) is 5.06 Å². The second-order valence-corrected chi connectivity index (χ2v) is 18.1. The fourth-order valence-electron chi connectivity index (χ4n) is 13.5. The van der Waals surface area contributed by atoms with Crippen molar-refractivity contribution in [2.75, 3.05) is 19.7 Å². The smallest absolute Gasteiger partial charge is 0.303 e. The van der Waals surface area contributed by atoms with E-state index in [2.05, 4.69) is 34.6 Å². The predicted molar refractivity (Wildman–Crippen MR) is 166 cm³/mol. The molecule has 0 aromatic rings. The quantitative estimate of drug-likeness (QED) is 0.362. The molecule has 256 valence electrons. The maximum absolute atomic E-state index is 12.5. The third-order valence-corrected chi connectivity index (χ3v) is 15.4. The molecule has 0 aromatic carbocycles. The Labute approximate surface area is 269 Å². The molecule has 5 saturated carbocycles. The fraction of sp³-hybridized carbons (Fsp3) is 0.972. The van der Waals surface area contributed by atoms with E-state index in [0.717, 1.165) is 32.1 Å². The van der Waals surface area contributed by atoms with Crippen molar-refractivity contribution in [2.24, 2.45) is 50.7 Å². The van der Waals surface area contributed by atoms with E-state index in [-0.39, 0.29) is 57.4 Å². The number of esters is 1. The van der Waals surface area contributed by atoms with Crippen LogP contribution in [0.3, 0.4) is 0 Å². The van der Waals surface area contributed by atoms with Gasteiger partial charge in [0.25, 0.3) is 0 Å². The maximum atomic E-state index is 12.5. The van der Waals surface area contributed by atoms with Crippen molar-refractivity contribution in [3.63, 3.8) is 0 Å². The summed E-state index contributed by atoms with van der Waals surface area (Å²) in [6.07, 6.45) is 6.11. The van der Waals surface area contributed by atoms with Crippen LogP contribution in [0.15, 0.2) is 0 Å². The standard InChI is InChI=1S/C36H59NO8/c1-20-17-22(30(32(5,6)40)43-21(2)38)44-28-27(20)33(7)13-14-36-19-35(36)12-11-25(45-26-18-37(41)15-16-42-26)31(3,4)23(35)9-10-24(36)34(33,8)29(28)39/h20,22-30,39-41H,9-19H2,1-8H3/t20-,22-,23+,24+,25+,26+,27+,28+,29+,30+,33-,34-,35-,36+/m1/s1. The number of hydrogen-bond acceptors (Lipinski definition) is 9. The minimum absolute atomic E-state index is 0.00852. The zero-order chi connectivity index (χ0) is 32.5. The van der Waals surface area contributed by atoms with Crippen LogP contribution in [0.25, 0.3) is 0 Å². The summed E-state index contributed by atoms with van der Waals surface area (Å²) in [7, 11) is 0. The molecule has 2 saturated heterocycles. The Hall–Kier alpha value is -0.810. The topological polar surface area (TPSA) is 118 Å². The first-order chi connectivity index (χ1) is 20.9. The third kappa shape index (κ3) is 4.39. The summed E-state index contributed by atoms with van der Waals surface area (Å²) in [5, 5.41) is 34.9. The first-order valence-electron chi connectivity index (χ1n) is 17.9. The molecule has 9 heteroatoms. The molecule has 2 spiro atoms. The van der Waals surface area contributed by atoms with Crippen LogP contribution in [0.4, 0.5) is 0 Å². The lowest BCUT2D eigenvalue weighted by Crippen LogP contribution is -2.60. The summed E-state index contributed by atoms with van der Waals surface area (Å²) in [6, 6.07) is 0. The number of rotatable bonds is 5. The number of aliphatic hydroxyl groups is 2. The van der Waals surface area contributed by atoms with E-state index in [1.807, 2.05) is 0 Å². The van der Waals surface area contributed by atoms with Crippen LogP contribution in [0, 0.1) is 50.7 Å². The van der Waals surface area contributed by atoms with Gasteiger partial charge in [-0.15, -0.1) is 0 Å². The highest BCUT2D eigenvalue weighted by Crippen LogP contribution is 2.89. The van der Waals surface area contributed by atoms with Crippen molar-refractivity contribution >= 4 is 5.97 Å². The molecule has 7 rings (SSSR count). The van der Waals surface area contributed by atoms with Gasteiger partial charge in [0, 0.05) is 18.9 Å². The largest absolute Gasteiger partial charge is 0.457 e. The molecule has 45 heavy (non-hydrogen) atoms. The molecule has 3 N–H and O–H groups in total. The highest BCUT2D eigenvalue weighted by molar-refractivity contribution is 5.66. The molecule has 0 amide bonds. The SMILES string of the molecule is CC(=O)O[C@@H]([C@H]1C[C@@H](C)[C@H]2[C@H](O1)[C@H](O)[C@@]1(C)[C@@H]3CC[C@H]4C(C)(C)[C@@H](O[C@H]5CN(O)CCO5)CC[C@@]45C[C@@]35CC[C@]21C)C(C)(C)O. The van der Waals surface area contributed by atoms with Gasteiger partial charge in [-0.05, 0) is 111 Å². The van der Waals surface area contributed by atoms with Crippen molar-refractivity contribution in [1.29, 1.82) is 0 Å². The summed E-state index contributed by atoms with van der Waals surface area (Å²) in [5.74, 6) is 1.02. The third-order valence-electron chi connectivity index (χ3n) is 15.4. The molecule has 0 unspecified atom stereocenters. The normalized spacial score (nSPS) is 52.8. The number of morpholine rings is 1. The number of carbonyl (C=O) groups is 1. The van der Waals surface area contributed by atoms with Crippen molar-refractivity contribution in [3.05, 3.63) is 0 Å². The van der Waals surface area contributed by atoms with E-state index in [9.17, 15) is 20.2 Å². The number of fused-ring (bicyclic) bond motifs is 4. The molecule has 2 aliphatic heterocycles. The summed E-state index contributed by atoms with van der Waals surface area (Å²) in [6.45, 7) is 18.0. The van der Waals surface area contributed by atoms with E-state index >= 15 is 0 Å². The van der Waals surface area contributed by atoms with Gasteiger partial charge < -0.3 is 34.4 Å². The predicted octanol–water partition coefficient (Wildman–Crippen LogP) is 4.94. The number of ether oxygens (including phenoxy) is 4.